The smallest absolute Gasteiger partial charge is 0.259 e. The molecule has 0 saturated heterocycles. The number of benzene rings is 3. The summed E-state index contributed by atoms with van der Waals surface area (Å²) in [6.07, 6.45) is 1.77. The first-order chi connectivity index (χ1) is 16.1. The van der Waals surface area contributed by atoms with Crippen LogP contribution in [0.15, 0.2) is 108 Å². The van der Waals surface area contributed by atoms with Crippen LogP contribution in [0.4, 0.5) is 5.69 Å². The Morgan fingerprint density at radius 2 is 1.42 bits per heavy atom. The summed E-state index contributed by atoms with van der Waals surface area (Å²) in [5.74, 6) is 0. The summed E-state index contributed by atoms with van der Waals surface area (Å²) in [5, 5.41) is 1.67. The van der Waals surface area contributed by atoms with Crippen molar-refractivity contribution >= 4 is 16.5 Å². The van der Waals surface area contributed by atoms with Crippen LogP contribution in [0.1, 0.15) is 5.69 Å². The lowest BCUT2D eigenvalue weighted by Crippen LogP contribution is -2.25. The molecule has 3 aromatic carbocycles. The lowest BCUT2D eigenvalue weighted by Gasteiger charge is -2.24. The number of hydrogen-bond donors (Lipinski definition) is 0. The van der Waals surface area contributed by atoms with Gasteiger partial charge in [-0.15, -0.1) is 0 Å². The van der Waals surface area contributed by atoms with Crippen LogP contribution in [0.3, 0.4) is 0 Å². The number of aromatic nitrogens is 2. The first-order valence-electron chi connectivity index (χ1n) is 11.0. The minimum Gasteiger partial charge on any atom is -0.377 e. The summed E-state index contributed by atoms with van der Waals surface area (Å²) in [6.45, 7) is 0.395. The summed E-state index contributed by atoms with van der Waals surface area (Å²) in [4.78, 5) is 20.6. The molecule has 0 bridgehead atoms. The molecule has 0 amide bonds. The topological polar surface area (TPSA) is 38.1 Å². The van der Waals surface area contributed by atoms with Gasteiger partial charge in [0.1, 0.15) is 0 Å². The van der Waals surface area contributed by atoms with Gasteiger partial charge in [-0.3, -0.25) is 9.78 Å². The molecule has 5 aromatic rings. The molecule has 4 heteroatoms. The summed E-state index contributed by atoms with van der Waals surface area (Å²) in [7, 11) is 4.04. The first-order valence-corrected chi connectivity index (χ1v) is 11.0. The molecule has 162 valence electrons. The zero-order valence-corrected chi connectivity index (χ0v) is 18.8. The van der Waals surface area contributed by atoms with E-state index in [4.69, 9.17) is 0 Å². The van der Waals surface area contributed by atoms with Crippen LogP contribution >= 0.6 is 0 Å². The van der Waals surface area contributed by atoms with Gasteiger partial charge in [-0.25, -0.2) is 0 Å². The van der Waals surface area contributed by atoms with Crippen LogP contribution in [-0.2, 0) is 6.54 Å². The van der Waals surface area contributed by atoms with Gasteiger partial charge in [0.15, 0.2) is 0 Å². The van der Waals surface area contributed by atoms with Crippen LogP contribution in [0.5, 0.6) is 0 Å². The second-order valence-electron chi connectivity index (χ2n) is 8.26. The first kappa shape index (κ1) is 20.7. The third-order valence-corrected chi connectivity index (χ3v) is 5.91. The lowest BCUT2D eigenvalue weighted by molar-refractivity contribution is 0.756. The van der Waals surface area contributed by atoms with Crippen molar-refractivity contribution in [2.24, 2.45) is 0 Å². The van der Waals surface area contributed by atoms with E-state index in [1.165, 1.54) is 0 Å². The molecule has 0 N–H and O–H groups in total. The van der Waals surface area contributed by atoms with E-state index < -0.39 is 0 Å². The fraction of sp³-hybridized carbons (Fsp3) is 0.103. The van der Waals surface area contributed by atoms with Gasteiger partial charge in [-0.1, -0.05) is 72.8 Å². The lowest BCUT2D eigenvalue weighted by atomic mass is 9.92. The largest absolute Gasteiger partial charge is 0.377 e. The highest BCUT2D eigenvalue weighted by atomic mass is 16.1. The maximum atomic E-state index is 14.0. The van der Waals surface area contributed by atoms with E-state index in [0.717, 1.165) is 39.2 Å². The van der Waals surface area contributed by atoms with Crippen molar-refractivity contribution in [3.8, 4) is 22.4 Å². The van der Waals surface area contributed by atoms with Crippen LogP contribution in [-0.4, -0.2) is 23.6 Å². The monoisotopic (exact) mass is 431 g/mol. The minimum absolute atomic E-state index is 0.0158. The van der Waals surface area contributed by atoms with Crippen LogP contribution in [0, 0.1) is 0 Å². The molecule has 0 saturated carbocycles. The Labute approximate surface area is 193 Å². The predicted octanol–water partition coefficient (Wildman–Crippen LogP) is 5.84. The fourth-order valence-corrected chi connectivity index (χ4v) is 4.44. The van der Waals surface area contributed by atoms with Crippen molar-refractivity contribution in [2.45, 2.75) is 6.54 Å². The van der Waals surface area contributed by atoms with Crippen LogP contribution in [0.25, 0.3) is 33.2 Å². The number of pyridine rings is 2. The van der Waals surface area contributed by atoms with Gasteiger partial charge >= 0.3 is 0 Å². The average Bonchev–Trinajstić information content (AvgIpc) is 2.86. The summed E-state index contributed by atoms with van der Waals surface area (Å²) in [6, 6.07) is 32.3. The number of anilines is 1. The Kier molecular flexibility index (Phi) is 5.49. The van der Waals surface area contributed by atoms with E-state index in [-0.39, 0.29) is 5.56 Å². The highest BCUT2D eigenvalue weighted by Crippen LogP contribution is 2.40. The van der Waals surface area contributed by atoms with Crippen molar-refractivity contribution in [3.63, 3.8) is 0 Å². The van der Waals surface area contributed by atoms with Crippen molar-refractivity contribution in [3.05, 3.63) is 119 Å². The van der Waals surface area contributed by atoms with Crippen molar-refractivity contribution in [1.82, 2.24) is 9.55 Å². The van der Waals surface area contributed by atoms with Gasteiger partial charge in [0.2, 0.25) is 0 Å². The SMILES string of the molecule is CN(C)c1cccc2c(=O)n(Cc3ccccn3)c(-c3ccccc3)c(-c3ccccc3)c12. The quantitative estimate of drug-likeness (QED) is 0.351. The molecular formula is C29H25N3O. The normalized spacial score (nSPS) is 11.0. The second kappa shape index (κ2) is 8.75. The third-order valence-electron chi connectivity index (χ3n) is 5.91. The molecule has 0 aliphatic heterocycles. The number of fused-ring (bicyclic) bond motifs is 1. The van der Waals surface area contributed by atoms with Crippen LogP contribution < -0.4 is 10.5 Å². The Morgan fingerprint density at radius 3 is 2.06 bits per heavy atom. The molecule has 2 heterocycles. The Balaban J connectivity index is 1.98. The standard InChI is InChI=1S/C29H25N3O/c1-31(2)25-18-11-17-24-27(25)26(21-12-5-3-6-13-21)28(22-14-7-4-8-15-22)32(29(24)33)20-23-16-9-10-19-30-23/h3-19H,20H2,1-2H3. The number of hydrogen-bond acceptors (Lipinski definition) is 3. The van der Waals surface area contributed by atoms with Gasteiger partial charge in [0.05, 0.1) is 17.9 Å². The van der Waals surface area contributed by atoms with Crippen molar-refractivity contribution < 1.29 is 0 Å². The average molecular weight is 432 g/mol. The summed E-state index contributed by atoms with van der Waals surface area (Å²) >= 11 is 0. The van der Waals surface area contributed by atoms with Gasteiger partial charge in [-0.2, -0.15) is 0 Å². The molecule has 5 rings (SSSR count). The van der Waals surface area contributed by atoms with E-state index in [2.05, 4.69) is 40.2 Å². The zero-order valence-electron chi connectivity index (χ0n) is 18.8. The molecule has 0 aliphatic carbocycles. The Bertz CT molecular complexity index is 1460. The fourth-order valence-electron chi connectivity index (χ4n) is 4.44. The van der Waals surface area contributed by atoms with E-state index in [1.807, 2.05) is 85.4 Å². The molecule has 33 heavy (non-hydrogen) atoms. The maximum absolute atomic E-state index is 14.0. The predicted molar refractivity (Wildman–Crippen MR) is 137 cm³/mol. The summed E-state index contributed by atoms with van der Waals surface area (Å²) < 4.78 is 1.88. The van der Waals surface area contributed by atoms with E-state index in [0.29, 0.717) is 11.9 Å². The highest BCUT2D eigenvalue weighted by molar-refractivity contribution is 6.09. The minimum atomic E-state index is -0.0158. The molecular weight excluding hydrogens is 406 g/mol. The number of nitrogens with zero attached hydrogens (tertiary/aromatic N) is 3. The molecule has 0 fully saturated rings. The van der Waals surface area contributed by atoms with Gasteiger partial charge in [-0.05, 0) is 35.4 Å². The van der Waals surface area contributed by atoms with E-state index >= 15 is 0 Å². The van der Waals surface area contributed by atoms with Gasteiger partial charge < -0.3 is 9.47 Å². The molecule has 0 unspecified atom stereocenters. The van der Waals surface area contributed by atoms with Gasteiger partial charge in [0, 0.05) is 42.3 Å². The number of rotatable bonds is 5. The van der Waals surface area contributed by atoms with Crippen molar-refractivity contribution in [1.29, 1.82) is 0 Å². The molecule has 2 aromatic heterocycles. The van der Waals surface area contributed by atoms with E-state index in [1.54, 1.807) is 6.20 Å². The molecule has 0 atom stereocenters. The molecule has 0 radical (unpaired) electrons. The molecule has 4 nitrogen and oxygen atoms in total. The van der Waals surface area contributed by atoms with Crippen molar-refractivity contribution in [2.75, 3.05) is 19.0 Å². The molecule has 0 spiro atoms. The Hall–Kier alpha value is -4.18. The van der Waals surface area contributed by atoms with Crippen LogP contribution in [0.2, 0.25) is 0 Å². The Morgan fingerprint density at radius 1 is 0.758 bits per heavy atom. The maximum Gasteiger partial charge on any atom is 0.259 e. The van der Waals surface area contributed by atoms with Gasteiger partial charge in [0.25, 0.3) is 5.56 Å². The zero-order chi connectivity index (χ0) is 22.8. The molecule has 0 aliphatic rings. The highest BCUT2D eigenvalue weighted by Gasteiger charge is 2.22. The van der Waals surface area contributed by atoms with E-state index in [9.17, 15) is 4.79 Å². The third kappa shape index (κ3) is 3.80. The second-order valence-corrected chi connectivity index (χ2v) is 8.26. The summed E-state index contributed by atoms with van der Waals surface area (Å²) in [5.41, 5.74) is 5.88.